The first kappa shape index (κ1) is 16.0. The van der Waals surface area contributed by atoms with Gasteiger partial charge in [0, 0.05) is 31.1 Å². The van der Waals surface area contributed by atoms with Crippen LogP contribution in [-0.2, 0) is 11.3 Å². The zero-order chi connectivity index (χ0) is 16.4. The third-order valence-corrected chi connectivity index (χ3v) is 5.72. The van der Waals surface area contributed by atoms with E-state index in [1.165, 1.54) is 12.1 Å². The van der Waals surface area contributed by atoms with Crippen LogP contribution < -0.4 is 5.32 Å². The smallest absolute Gasteiger partial charge is 0.126 e. The van der Waals surface area contributed by atoms with Crippen molar-refractivity contribution in [3.63, 3.8) is 0 Å². The maximum absolute atomic E-state index is 6.29. The maximum Gasteiger partial charge on any atom is 0.126 e. The molecule has 4 heterocycles. The Hall–Kier alpha value is -1.50. The van der Waals surface area contributed by atoms with E-state index in [0.29, 0.717) is 6.04 Å². The van der Waals surface area contributed by atoms with Crippen LogP contribution in [0.15, 0.2) is 29.8 Å². The van der Waals surface area contributed by atoms with Crippen LogP contribution in [0, 0.1) is 6.92 Å². The van der Waals surface area contributed by atoms with Crippen LogP contribution in [0.3, 0.4) is 0 Å². The number of piperidine rings is 1. The zero-order valence-electron chi connectivity index (χ0n) is 14.1. The fourth-order valence-electron chi connectivity index (χ4n) is 3.91. The molecule has 128 valence electrons. The first-order valence-corrected chi connectivity index (χ1v) is 9.54. The standard InChI is InChI=1S/C18H24N4OS/c1-14-20-16(12-24-14)10-22-8-4-6-18(13-22)9-15(11-23-18)21-17-5-2-3-7-19-17/h2-3,5,7,12,15H,4,6,8-11,13H2,1H3,(H,19,21). The highest BCUT2D eigenvalue weighted by Crippen LogP contribution is 2.36. The number of likely N-dealkylation sites (tertiary alicyclic amines) is 1. The molecule has 0 aromatic carbocycles. The van der Waals surface area contributed by atoms with Gasteiger partial charge in [0.25, 0.3) is 0 Å². The summed E-state index contributed by atoms with van der Waals surface area (Å²) in [5, 5.41) is 6.84. The van der Waals surface area contributed by atoms with Gasteiger partial charge in [-0.2, -0.15) is 0 Å². The monoisotopic (exact) mass is 344 g/mol. The number of hydrogen-bond acceptors (Lipinski definition) is 6. The number of aromatic nitrogens is 2. The Morgan fingerprint density at radius 2 is 2.42 bits per heavy atom. The van der Waals surface area contributed by atoms with Crippen molar-refractivity contribution < 1.29 is 4.74 Å². The Labute approximate surface area is 147 Å². The molecule has 2 aliphatic heterocycles. The Bertz CT molecular complexity index is 677. The number of hydrogen-bond donors (Lipinski definition) is 1. The Kier molecular flexibility index (Phi) is 4.52. The summed E-state index contributed by atoms with van der Waals surface area (Å²) in [4.78, 5) is 11.5. The predicted molar refractivity (Wildman–Crippen MR) is 96.3 cm³/mol. The number of pyridine rings is 1. The van der Waals surface area contributed by atoms with E-state index in [2.05, 4.69) is 32.5 Å². The summed E-state index contributed by atoms with van der Waals surface area (Å²) in [6.45, 7) is 5.91. The number of thiazole rings is 1. The molecule has 24 heavy (non-hydrogen) atoms. The van der Waals surface area contributed by atoms with Crippen LogP contribution in [0.25, 0.3) is 0 Å². The van der Waals surface area contributed by atoms with Crippen molar-refractivity contribution in [1.82, 2.24) is 14.9 Å². The molecule has 2 atom stereocenters. The molecule has 2 aromatic rings. The highest BCUT2D eigenvalue weighted by molar-refractivity contribution is 7.09. The number of rotatable bonds is 4. The van der Waals surface area contributed by atoms with Gasteiger partial charge in [-0.05, 0) is 38.4 Å². The molecule has 0 radical (unpaired) electrons. The Balaban J connectivity index is 1.36. The minimum absolute atomic E-state index is 0.00420. The second-order valence-electron chi connectivity index (χ2n) is 6.93. The topological polar surface area (TPSA) is 50.3 Å². The van der Waals surface area contributed by atoms with E-state index in [-0.39, 0.29) is 5.60 Å². The van der Waals surface area contributed by atoms with E-state index in [1.807, 2.05) is 24.4 Å². The zero-order valence-corrected chi connectivity index (χ0v) is 14.9. The minimum atomic E-state index is -0.00420. The largest absolute Gasteiger partial charge is 0.371 e. The molecule has 0 bridgehead atoms. The lowest BCUT2D eigenvalue weighted by molar-refractivity contribution is -0.0535. The van der Waals surface area contributed by atoms with Gasteiger partial charge in [-0.15, -0.1) is 11.3 Å². The van der Waals surface area contributed by atoms with Crippen molar-refractivity contribution in [2.75, 3.05) is 25.0 Å². The SMILES string of the molecule is Cc1nc(CN2CCCC3(CC(Nc4ccccn4)CO3)C2)cs1. The average molecular weight is 344 g/mol. The number of ether oxygens (including phenoxy) is 1. The van der Waals surface area contributed by atoms with E-state index in [9.17, 15) is 0 Å². The first-order chi connectivity index (χ1) is 11.7. The van der Waals surface area contributed by atoms with Crippen LogP contribution in [0.2, 0.25) is 0 Å². The molecule has 1 N–H and O–H groups in total. The van der Waals surface area contributed by atoms with Crippen molar-refractivity contribution >= 4 is 17.2 Å². The highest BCUT2D eigenvalue weighted by atomic mass is 32.1. The quantitative estimate of drug-likeness (QED) is 0.924. The van der Waals surface area contributed by atoms with Gasteiger partial charge in [0.05, 0.1) is 29.0 Å². The summed E-state index contributed by atoms with van der Waals surface area (Å²) in [7, 11) is 0. The van der Waals surface area contributed by atoms with Crippen molar-refractivity contribution in [2.24, 2.45) is 0 Å². The van der Waals surface area contributed by atoms with E-state index in [0.717, 1.165) is 49.9 Å². The summed E-state index contributed by atoms with van der Waals surface area (Å²) in [5.41, 5.74) is 1.19. The third kappa shape index (κ3) is 3.61. The van der Waals surface area contributed by atoms with E-state index in [4.69, 9.17) is 4.74 Å². The second kappa shape index (κ2) is 6.78. The van der Waals surface area contributed by atoms with Gasteiger partial charge in [0.1, 0.15) is 5.82 Å². The predicted octanol–water partition coefficient (Wildman–Crippen LogP) is 3.08. The molecule has 2 aromatic heterocycles. The summed E-state index contributed by atoms with van der Waals surface area (Å²) in [6.07, 6.45) is 5.22. The van der Waals surface area contributed by atoms with E-state index in [1.54, 1.807) is 11.3 Å². The van der Waals surface area contributed by atoms with Crippen molar-refractivity contribution in [3.8, 4) is 0 Å². The van der Waals surface area contributed by atoms with Gasteiger partial charge in [-0.1, -0.05) is 6.07 Å². The molecule has 2 unspecified atom stereocenters. The number of aryl methyl sites for hydroxylation is 1. The Morgan fingerprint density at radius 3 is 3.21 bits per heavy atom. The second-order valence-corrected chi connectivity index (χ2v) is 7.99. The molecule has 5 nitrogen and oxygen atoms in total. The van der Waals surface area contributed by atoms with Crippen LogP contribution in [0.5, 0.6) is 0 Å². The number of nitrogens with zero attached hydrogens (tertiary/aromatic N) is 3. The lowest BCUT2D eigenvalue weighted by Crippen LogP contribution is -2.47. The average Bonchev–Trinajstić information content (AvgIpc) is 3.15. The summed E-state index contributed by atoms with van der Waals surface area (Å²) in [5.74, 6) is 0.939. The third-order valence-electron chi connectivity index (χ3n) is 4.90. The van der Waals surface area contributed by atoms with Gasteiger partial charge < -0.3 is 10.1 Å². The molecule has 6 heteroatoms. The Morgan fingerprint density at radius 1 is 1.46 bits per heavy atom. The molecule has 0 amide bonds. The molecule has 0 aliphatic carbocycles. The fraction of sp³-hybridized carbons (Fsp3) is 0.556. The molecule has 0 saturated carbocycles. The number of nitrogens with one attached hydrogen (secondary N) is 1. The molecule has 1 spiro atoms. The molecular weight excluding hydrogens is 320 g/mol. The maximum atomic E-state index is 6.29. The van der Waals surface area contributed by atoms with Gasteiger partial charge in [0.2, 0.25) is 0 Å². The normalized spacial score (nSPS) is 27.6. The van der Waals surface area contributed by atoms with Crippen LogP contribution in [0.4, 0.5) is 5.82 Å². The summed E-state index contributed by atoms with van der Waals surface area (Å²) < 4.78 is 6.29. The minimum Gasteiger partial charge on any atom is -0.371 e. The van der Waals surface area contributed by atoms with Gasteiger partial charge in [0.15, 0.2) is 0 Å². The molecular formula is C18H24N4OS. The highest BCUT2D eigenvalue weighted by Gasteiger charge is 2.43. The van der Waals surface area contributed by atoms with Crippen molar-refractivity contribution in [3.05, 3.63) is 40.5 Å². The van der Waals surface area contributed by atoms with Crippen molar-refractivity contribution in [1.29, 1.82) is 0 Å². The molecule has 2 saturated heterocycles. The summed E-state index contributed by atoms with van der Waals surface area (Å²) >= 11 is 1.73. The van der Waals surface area contributed by atoms with Crippen LogP contribution >= 0.6 is 11.3 Å². The van der Waals surface area contributed by atoms with Gasteiger partial charge in [-0.25, -0.2) is 9.97 Å². The lowest BCUT2D eigenvalue weighted by atomic mass is 9.88. The van der Waals surface area contributed by atoms with Crippen LogP contribution in [0.1, 0.15) is 30.0 Å². The molecule has 2 fully saturated rings. The van der Waals surface area contributed by atoms with E-state index < -0.39 is 0 Å². The number of anilines is 1. The first-order valence-electron chi connectivity index (χ1n) is 8.66. The summed E-state index contributed by atoms with van der Waals surface area (Å²) in [6, 6.07) is 6.32. The fourth-order valence-corrected chi connectivity index (χ4v) is 4.52. The van der Waals surface area contributed by atoms with E-state index >= 15 is 0 Å². The molecule has 2 aliphatic rings. The molecule has 4 rings (SSSR count). The van der Waals surface area contributed by atoms with Gasteiger partial charge in [-0.3, -0.25) is 4.90 Å². The lowest BCUT2D eigenvalue weighted by Gasteiger charge is -2.39. The van der Waals surface area contributed by atoms with Gasteiger partial charge >= 0.3 is 0 Å². The van der Waals surface area contributed by atoms with Crippen LogP contribution in [-0.4, -0.2) is 46.2 Å². The van der Waals surface area contributed by atoms with Crippen molar-refractivity contribution in [2.45, 2.75) is 44.4 Å².